The molecule has 5 heteroatoms. The molecule has 0 aromatic carbocycles. The van der Waals surface area contributed by atoms with Gasteiger partial charge in [-0.3, -0.25) is 4.79 Å². The molecule has 0 aliphatic heterocycles. The van der Waals surface area contributed by atoms with Crippen LogP contribution in [0.1, 0.15) is 46.5 Å². The monoisotopic (exact) mass is 292 g/mol. The third-order valence-corrected chi connectivity index (χ3v) is 4.27. The fourth-order valence-corrected chi connectivity index (χ4v) is 2.94. The van der Waals surface area contributed by atoms with E-state index in [1.165, 1.54) is 25.7 Å². The minimum atomic E-state index is -0.225. The van der Waals surface area contributed by atoms with Crippen LogP contribution in [-0.2, 0) is 5.54 Å². The van der Waals surface area contributed by atoms with E-state index in [4.69, 9.17) is 0 Å². The average Bonchev–Trinajstić information content (AvgIpc) is 2.93. The predicted octanol–water partition coefficient (Wildman–Crippen LogP) is 2.28. The zero-order chi connectivity index (χ0) is 15.5. The molecule has 1 heterocycles. The maximum absolute atomic E-state index is 12.4. The van der Waals surface area contributed by atoms with Crippen LogP contribution in [0.2, 0.25) is 0 Å². The number of anilines is 1. The third-order valence-electron chi connectivity index (χ3n) is 4.27. The van der Waals surface area contributed by atoms with Crippen LogP contribution in [0.5, 0.6) is 0 Å². The Labute approximate surface area is 127 Å². The zero-order valence-electron chi connectivity index (χ0n) is 13.7. The van der Waals surface area contributed by atoms with Gasteiger partial charge in [-0.15, -0.1) is 0 Å². The summed E-state index contributed by atoms with van der Waals surface area (Å²) >= 11 is 0. The van der Waals surface area contributed by atoms with Gasteiger partial charge in [0.15, 0.2) is 5.82 Å². The van der Waals surface area contributed by atoms with E-state index < -0.39 is 0 Å². The molecule has 1 aromatic rings. The molecule has 1 N–H and O–H groups in total. The lowest BCUT2D eigenvalue weighted by atomic mass is 10.1. The van der Waals surface area contributed by atoms with Gasteiger partial charge in [0.2, 0.25) is 0 Å². The summed E-state index contributed by atoms with van der Waals surface area (Å²) in [5.74, 6) is 0.451. The third kappa shape index (κ3) is 4.06. The van der Waals surface area contributed by atoms with Gasteiger partial charge in [0, 0.05) is 37.1 Å². The number of hydrogen-bond acceptors (Lipinski definition) is 4. The van der Waals surface area contributed by atoms with Crippen molar-refractivity contribution in [3.8, 4) is 0 Å². The Morgan fingerprint density at radius 2 is 2.05 bits per heavy atom. The predicted molar refractivity (Wildman–Crippen MR) is 86.9 cm³/mol. The molecule has 0 unspecified atom stereocenters. The summed E-state index contributed by atoms with van der Waals surface area (Å²) in [6, 6.07) is 0.710. The molecule has 0 spiro atoms. The van der Waals surface area contributed by atoms with Gasteiger partial charge in [-0.25, -0.2) is 4.98 Å². The van der Waals surface area contributed by atoms with E-state index in [9.17, 15) is 4.79 Å². The van der Waals surface area contributed by atoms with Crippen LogP contribution >= 0.6 is 0 Å². The van der Waals surface area contributed by atoms with Crippen molar-refractivity contribution in [3.63, 3.8) is 0 Å². The van der Waals surface area contributed by atoms with E-state index >= 15 is 0 Å². The quantitative estimate of drug-likeness (QED) is 0.904. The van der Waals surface area contributed by atoms with E-state index in [1.54, 1.807) is 17.0 Å². The highest BCUT2D eigenvalue weighted by Gasteiger charge is 2.19. The summed E-state index contributed by atoms with van der Waals surface area (Å²) in [4.78, 5) is 18.9. The molecule has 1 aliphatic rings. The molecule has 1 aliphatic carbocycles. The second kappa shape index (κ2) is 6.60. The van der Waals surface area contributed by atoms with Crippen LogP contribution in [0.3, 0.4) is 0 Å². The molecule has 118 valence electrons. The first-order valence-electron chi connectivity index (χ1n) is 7.92. The first-order chi connectivity index (χ1) is 9.89. The first kappa shape index (κ1) is 16.0. The van der Waals surface area contributed by atoms with Crippen molar-refractivity contribution in [2.45, 2.75) is 58.0 Å². The summed E-state index contributed by atoms with van der Waals surface area (Å²) in [7, 11) is 2.17. The van der Waals surface area contributed by atoms with Crippen molar-refractivity contribution >= 4 is 5.82 Å². The van der Waals surface area contributed by atoms with Crippen molar-refractivity contribution in [3.05, 3.63) is 22.7 Å². The van der Waals surface area contributed by atoms with Gasteiger partial charge in [0.25, 0.3) is 5.56 Å². The van der Waals surface area contributed by atoms with Crippen LogP contribution in [0, 0.1) is 0 Å². The molecular weight excluding hydrogens is 264 g/mol. The van der Waals surface area contributed by atoms with Crippen LogP contribution in [0.25, 0.3) is 0 Å². The SMILES string of the molecule is CN(CCNc1nccn(C(C)(C)C)c1=O)C1CCCC1. The van der Waals surface area contributed by atoms with Gasteiger partial charge in [-0.05, 0) is 40.7 Å². The highest BCUT2D eigenvalue weighted by molar-refractivity contribution is 5.31. The maximum Gasteiger partial charge on any atom is 0.293 e. The van der Waals surface area contributed by atoms with Crippen LogP contribution in [-0.4, -0.2) is 40.6 Å². The number of rotatable bonds is 5. The van der Waals surface area contributed by atoms with Gasteiger partial charge in [-0.2, -0.15) is 0 Å². The molecule has 0 amide bonds. The summed E-state index contributed by atoms with van der Waals surface area (Å²) in [6.45, 7) is 7.75. The average molecular weight is 292 g/mol. The van der Waals surface area contributed by atoms with Crippen molar-refractivity contribution in [2.75, 3.05) is 25.5 Å². The largest absolute Gasteiger partial charge is 0.364 e. The van der Waals surface area contributed by atoms with Gasteiger partial charge in [0.1, 0.15) is 0 Å². The fraction of sp³-hybridized carbons (Fsp3) is 0.750. The Balaban J connectivity index is 1.93. The number of hydrogen-bond donors (Lipinski definition) is 1. The van der Waals surface area contributed by atoms with Gasteiger partial charge in [0.05, 0.1) is 0 Å². The van der Waals surface area contributed by atoms with Gasteiger partial charge >= 0.3 is 0 Å². The Hall–Kier alpha value is -1.36. The molecule has 5 nitrogen and oxygen atoms in total. The standard InChI is InChI=1S/C16H28N4O/c1-16(2,3)20-12-10-18-14(15(20)21)17-9-11-19(4)13-7-5-6-8-13/h10,12-13H,5-9,11H2,1-4H3,(H,17,18). The molecule has 1 fully saturated rings. The van der Waals surface area contributed by atoms with E-state index in [0.717, 1.165) is 13.1 Å². The maximum atomic E-state index is 12.4. The second-order valence-electron chi connectivity index (χ2n) is 6.97. The molecule has 1 aromatic heterocycles. The van der Waals surface area contributed by atoms with E-state index in [2.05, 4.69) is 22.2 Å². The van der Waals surface area contributed by atoms with Gasteiger partial charge in [-0.1, -0.05) is 12.8 Å². The summed E-state index contributed by atoms with van der Waals surface area (Å²) in [6.07, 6.45) is 8.74. The molecule has 1 saturated carbocycles. The normalized spacial score (nSPS) is 16.6. The minimum absolute atomic E-state index is 0.0477. The molecule has 0 saturated heterocycles. The molecule has 0 bridgehead atoms. The lowest BCUT2D eigenvalue weighted by Crippen LogP contribution is -2.37. The van der Waals surface area contributed by atoms with Crippen molar-refractivity contribution in [1.29, 1.82) is 0 Å². The summed E-state index contributed by atoms with van der Waals surface area (Å²) < 4.78 is 1.73. The fourth-order valence-electron chi connectivity index (χ4n) is 2.94. The highest BCUT2D eigenvalue weighted by atomic mass is 16.1. The van der Waals surface area contributed by atoms with Crippen LogP contribution < -0.4 is 10.9 Å². The lowest BCUT2D eigenvalue weighted by Gasteiger charge is -2.25. The molecule has 21 heavy (non-hydrogen) atoms. The number of aromatic nitrogens is 2. The number of likely N-dealkylation sites (N-methyl/N-ethyl adjacent to an activating group) is 1. The Morgan fingerprint density at radius 3 is 2.67 bits per heavy atom. The molecule has 0 radical (unpaired) electrons. The minimum Gasteiger partial charge on any atom is -0.364 e. The molecule has 2 rings (SSSR count). The van der Waals surface area contributed by atoms with Crippen molar-refractivity contribution in [1.82, 2.24) is 14.5 Å². The highest BCUT2D eigenvalue weighted by Crippen LogP contribution is 2.21. The summed E-state index contributed by atoms with van der Waals surface area (Å²) in [5, 5.41) is 3.19. The Kier molecular flexibility index (Phi) is 5.04. The van der Waals surface area contributed by atoms with E-state index in [0.29, 0.717) is 11.9 Å². The first-order valence-corrected chi connectivity index (χ1v) is 7.92. The lowest BCUT2D eigenvalue weighted by molar-refractivity contribution is 0.254. The molecular formula is C16H28N4O. The summed E-state index contributed by atoms with van der Waals surface area (Å²) in [5.41, 5.74) is -0.273. The van der Waals surface area contributed by atoms with Crippen molar-refractivity contribution < 1.29 is 0 Å². The smallest absolute Gasteiger partial charge is 0.293 e. The second-order valence-corrected chi connectivity index (χ2v) is 6.97. The number of nitrogens with one attached hydrogen (secondary N) is 1. The zero-order valence-corrected chi connectivity index (χ0v) is 13.7. The number of nitrogens with zero attached hydrogens (tertiary/aromatic N) is 3. The van der Waals surface area contributed by atoms with E-state index in [-0.39, 0.29) is 11.1 Å². The Bertz CT molecular complexity index is 512. The Morgan fingerprint density at radius 1 is 1.38 bits per heavy atom. The molecule has 0 atom stereocenters. The van der Waals surface area contributed by atoms with Crippen molar-refractivity contribution in [2.24, 2.45) is 0 Å². The van der Waals surface area contributed by atoms with Crippen LogP contribution in [0.4, 0.5) is 5.82 Å². The van der Waals surface area contributed by atoms with Crippen LogP contribution in [0.15, 0.2) is 17.2 Å². The topological polar surface area (TPSA) is 50.2 Å². The van der Waals surface area contributed by atoms with E-state index in [1.807, 2.05) is 20.8 Å². The van der Waals surface area contributed by atoms with Gasteiger partial charge < -0.3 is 14.8 Å².